The molecule has 262 valence electrons. The van der Waals surface area contributed by atoms with Crippen LogP contribution in [0.25, 0.3) is 104 Å². The van der Waals surface area contributed by atoms with Crippen molar-refractivity contribution in [2.24, 2.45) is 0 Å². The Bertz CT molecular complexity index is 3180. The summed E-state index contributed by atoms with van der Waals surface area (Å²) in [4.78, 5) is 14.9. The minimum absolute atomic E-state index is 0.648. The Morgan fingerprint density at radius 1 is 0.321 bits per heavy atom. The summed E-state index contributed by atoms with van der Waals surface area (Å²) in [6, 6.07) is 68.6. The summed E-state index contributed by atoms with van der Waals surface area (Å²) in [7, 11) is 0. The van der Waals surface area contributed by atoms with E-state index >= 15 is 0 Å². The summed E-state index contributed by atoms with van der Waals surface area (Å²) < 4.78 is 4.92. The van der Waals surface area contributed by atoms with Crippen molar-refractivity contribution in [2.45, 2.75) is 0 Å². The maximum Gasteiger partial charge on any atom is 0.164 e. The molecule has 0 amide bonds. The van der Waals surface area contributed by atoms with Crippen LogP contribution < -0.4 is 0 Å². The maximum atomic E-state index is 5.01. The minimum atomic E-state index is 0.648. The molecular weight excluding hydrogens is 701 g/mol. The number of benzene rings is 8. The molecule has 3 heterocycles. The zero-order valence-corrected chi connectivity index (χ0v) is 31.0. The molecule has 11 aromatic rings. The van der Waals surface area contributed by atoms with Crippen LogP contribution >= 0.6 is 11.3 Å². The van der Waals surface area contributed by atoms with E-state index in [0.717, 1.165) is 22.3 Å². The van der Waals surface area contributed by atoms with Gasteiger partial charge >= 0.3 is 0 Å². The molecule has 0 unspecified atom stereocenters. The highest BCUT2D eigenvalue weighted by Gasteiger charge is 2.18. The number of nitrogens with zero attached hydrogens (tertiary/aromatic N) is 4. The largest absolute Gasteiger partial charge is 0.309 e. The van der Waals surface area contributed by atoms with Crippen LogP contribution in [-0.2, 0) is 0 Å². The van der Waals surface area contributed by atoms with E-state index in [-0.39, 0.29) is 0 Å². The zero-order chi connectivity index (χ0) is 37.0. The van der Waals surface area contributed by atoms with Crippen molar-refractivity contribution in [3.05, 3.63) is 194 Å². The van der Waals surface area contributed by atoms with Crippen LogP contribution in [0, 0.1) is 0 Å². The van der Waals surface area contributed by atoms with E-state index in [1.165, 1.54) is 64.4 Å². The van der Waals surface area contributed by atoms with Gasteiger partial charge in [0.15, 0.2) is 17.5 Å². The predicted octanol–water partition coefficient (Wildman–Crippen LogP) is 13.7. The van der Waals surface area contributed by atoms with Gasteiger partial charge in [0, 0.05) is 53.3 Å². The molecule has 0 spiro atoms. The molecule has 3 aromatic heterocycles. The third-order valence-corrected chi connectivity index (χ3v) is 11.9. The first-order valence-corrected chi connectivity index (χ1v) is 19.6. The number of fused-ring (bicyclic) bond motifs is 6. The van der Waals surface area contributed by atoms with Crippen molar-refractivity contribution in [3.63, 3.8) is 0 Å². The van der Waals surface area contributed by atoms with E-state index in [1.54, 1.807) is 0 Å². The van der Waals surface area contributed by atoms with Gasteiger partial charge in [-0.2, -0.15) is 0 Å². The average molecular weight is 733 g/mol. The van der Waals surface area contributed by atoms with Gasteiger partial charge in [-0.3, -0.25) is 0 Å². The quantitative estimate of drug-likeness (QED) is 0.171. The SMILES string of the molecule is c1ccc(-c2nc(-c3ccccc3)nc(-c3cccc(-c4cccc5c4sc4c(-c6ccc7c(c6)c6ccccc6n7-c6ccccc6)cccc45)c3)n2)cc1. The molecule has 0 atom stereocenters. The second-order valence-electron chi connectivity index (χ2n) is 14.0. The lowest BCUT2D eigenvalue weighted by Gasteiger charge is -2.10. The molecule has 0 aliphatic rings. The number of para-hydroxylation sites is 2. The van der Waals surface area contributed by atoms with E-state index in [0.29, 0.717) is 17.5 Å². The van der Waals surface area contributed by atoms with Crippen molar-refractivity contribution in [3.8, 4) is 62.1 Å². The van der Waals surface area contributed by atoms with Crippen LogP contribution in [0.4, 0.5) is 0 Å². The van der Waals surface area contributed by atoms with E-state index in [1.807, 2.05) is 72.0 Å². The van der Waals surface area contributed by atoms with Gasteiger partial charge in [0.05, 0.1) is 11.0 Å². The molecule has 8 aromatic carbocycles. The monoisotopic (exact) mass is 732 g/mol. The fourth-order valence-electron chi connectivity index (χ4n) is 8.03. The molecule has 0 N–H and O–H groups in total. The summed E-state index contributed by atoms with van der Waals surface area (Å²) in [5.41, 5.74) is 11.2. The van der Waals surface area contributed by atoms with Gasteiger partial charge in [0.1, 0.15) is 0 Å². The molecule has 11 rings (SSSR count). The second kappa shape index (κ2) is 13.3. The van der Waals surface area contributed by atoms with Crippen LogP contribution in [0.2, 0.25) is 0 Å². The first-order valence-electron chi connectivity index (χ1n) is 18.8. The smallest absolute Gasteiger partial charge is 0.164 e. The summed E-state index contributed by atoms with van der Waals surface area (Å²) >= 11 is 1.87. The van der Waals surface area contributed by atoms with Crippen molar-refractivity contribution < 1.29 is 0 Å². The minimum Gasteiger partial charge on any atom is -0.309 e. The molecular formula is C51H32N4S. The molecule has 0 saturated carbocycles. The number of thiophene rings is 1. The first-order chi connectivity index (χ1) is 27.8. The van der Waals surface area contributed by atoms with Gasteiger partial charge in [-0.05, 0) is 58.7 Å². The predicted molar refractivity (Wildman–Crippen MR) is 234 cm³/mol. The van der Waals surface area contributed by atoms with E-state index in [4.69, 9.17) is 15.0 Å². The molecule has 4 nitrogen and oxygen atoms in total. The van der Waals surface area contributed by atoms with Crippen molar-refractivity contribution in [2.75, 3.05) is 0 Å². The molecule has 0 aliphatic carbocycles. The third kappa shape index (κ3) is 5.40. The molecule has 0 saturated heterocycles. The third-order valence-electron chi connectivity index (χ3n) is 10.7. The van der Waals surface area contributed by atoms with Crippen LogP contribution in [0.3, 0.4) is 0 Å². The van der Waals surface area contributed by atoms with E-state index < -0.39 is 0 Å². The Hall–Kier alpha value is -7.21. The van der Waals surface area contributed by atoms with Crippen molar-refractivity contribution >= 4 is 53.3 Å². The lowest BCUT2D eigenvalue weighted by molar-refractivity contribution is 1.07. The fourth-order valence-corrected chi connectivity index (χ4v) is 9.41. The lowest BCUT2D eigenvalue weighted by atomic mass is 9.98. The van der Waals surface area contributed by atoms with Gasteiger partial charge in [0.2, 0.25) is 0 Å². The highest BCUT2D eigenvalue weighted by molar-refractivity contribution is 7.26. The lowest BCUT2D eigenvalue weighted by Crippen LogP contribution is -2.00. The van der Waals surface area contributed by atoms with Crippen LogP contribution in [-0.4, -0.2) is 19.5 Å². The van der Waals surface area contributed by atoms with Gasteiger partial charge in [-0.25, -0.2) is 15.0 Å². The second-order valence-corrected chi connectivity index (χ2v) is 15.0. The number of aromatic nitrogens is 4. The molecule has 0 radical (unpaired) electrons. The van der Waals surface area contributed by atoms with Gasteiger partial charge in [-0.1, -0.05) is 158 Å². The highest BCUT2D eigenvalue weighted by Crippen LogP contribution is 2.45. The Morgan fingerprint density at radius 3 is 1.43 bits per heavy atom. The Balaban J connectivity index is 1.04. The molecule has 0 bridgehead atoms. The first kappa shape index (κ1) is 32.2. The van der Waals surface area contributed by atoms with Crippen molar-refractivity contribution in [1.29, 1.82) is 0 Å². The maximum absolute atomic E-state index is 5.01. The molecule has 56 heavy (non-hydrogen) atoms. The van der Waals surface area contributed by atoms with Crippen LogP contribution in [0.15, 0.2) is 194 Å². The zero-order valence-electron chi connectivity index (χ0n) is 30.2. The van der Waals surface area contributed by atoms with Gasteiger partial charge in [0.25, 0.3) is 0 Å². The normalized spacial score (nSPS) is 11.6. The van der Waals surface area contributed by atoms with Gasteiger partial charge in [-0.15, -0.1) is 11.3 Å². The standard InChI is InChI=1S/C51H32N4S/c1-4-15-33(16-5-1)49-52-50(34-17-6-2-7-18-34)54-51(53-49)37-20-12-19-35(31-37)39-24-13-26-42-43-27-14-25-40(48(43)56-47(39)42)36-29-30-46-44(32-36)41-23-10-11-28-45(41)55(46)38-21-8-3-9-22-38/h1-32H. The Morgan fingerprint density at radius 2 is 0.786 bits per heavy atom. The molecule has 0 fully saturated rings. The molecule has 0 aliphatic heterocycles. The van der Waals surface area contributed by atoms with Crippen LogP contribution in [0.1, 0.15) is 0 Å². The Kier molecular flexibility index (Phi) is 7.64. The highest BCUT2D eigenvalue weighted by atomic mass is 32.1. The topological polar surface area (TPSA) is 43.6 Å². The molecule has 5 heteroatoms. The number of rotatable bonds is 6. The summed E-state index contributed by atoms with van der Waals surface area (Å²) in [5.74, 6) is 1.96. The number of hydrogen-bond donors (Lipinski definition) is 0. The average Bonchev–Trinajstić information content (AvgIpc) is 3.83. The van der Waals surface area contributed by atoms with E-state index in [9.17, 15) is 0 Å². The Labute approximate surface area is 327 Å². The summed E-state index contributed by atoms with van der Waals surface area (Å²) in [5, 5.41) is 5.03. The number of hydrogen-bond acceptors (Lipinski definition) is 4. The van der Waals surface area contributed by atoms with Gasteiger partial charge < -0.3 is 4.57 Å². The summed E-state index contributed by atoms with van der Waals surface area (Å²) in [6.45, 7) is 0. The van der Waals surface area contributed by atoms with Crippen LogP contribution in [0.5, 0.6) is 0 Å². The van der Waals surface area contributed by atoms with Crippen molar-refractivity contribution in [1.82, 2.24) is 19.5 Å². The van der Waals surface area contributed by atoms with E-state index in [2.05, 4.69) is 138 Å². The fraction of sp³-hybridized carbons (Fsp3) is 0. The summed E-state index contributed by atoms with van der Waals surface area (Å²) in [6.07, 6.45) is 0.